The molecule has 3 rings (SSSR count). The third-order valence-electron chi connectivity index (χ3n) is 5.48. The van der Waals surface area contributed by atoms with E-state index in [1.165, 1.54) is 18.4 Å². The first-order valence-corrected chi connectivity index (χ1v) is 9.51. The highest BCUT2D eigenvalue weighted by Gasteiger charge is 2.47. The molecule has 0 radical (unpaired) electrons. The number of carbonyl (C=O) groups is 1. The van der Waals surface area contributed by atoms with Crippen molar-refractivity contribution in [2.45, 2.75) is 57.3 Å². The smallest absolute Gasteiger partial charge is 0.303 e. The first kappa shape index (κ1) is 18.2. The number of nitrogens with one attached hydrogen (secondary N) is 1. The molecule has 4 nitrogen and oxygen atoms in total. The minimum atomic E-state index is -0.709. The summed E-state index contributed by atoms with van der Waals surface area (Å²) in [6, 6.07) is 10.5. The molecule has 2 N–H and O–H groups in total. The van der Waals surface area contributed by atoms with Crippen LogP contribution in [0.25, 0.3) is 0 Å². The van der Waals surface area contributed by atoms with Crippen LogP contribution in [0.3, 0.4) is 0 Å². The molecule has 1 aromatic carbocycles. The number of hydrogen-bond donors (Lipinski definition) is 2. The van der Waals surface area contributed by atoms with Crippen molar-refractivity contribution >= 4 is 5.97 Å². The zero-order valence-electron chi connectivity index (χ0n) is 14.8. The molecular weight excluding hydrogens is 314 g/mol. The van der Waals surface area contributed by atoms with Gasteiger partial charge in [-0.3, -0.25) is 4.79 Å². The number of allylic oxidation sites excluding steroid dienone is 2. The fourth-order valence-corrected chi connectivity index (χ4v) is 4.20. The molecule has 0 unspecified atom stereocenters. The predicted molar refractivity (Wildman–Crippen MR) is 98.3 cm³/mol. The number of rotatable bonds is 10. The quantitative estimate of drug-likeness (QED) is 0.501. The number of unbranched alkanes of at least 4 members (excludes halogenated alkanes) is 1. The average molecular weight is 343 g/mol. The van der Waals surface area contributed by atoms with Gasteiger partial charge in [-0.1, -0.05) is 42.5 Å². The van der Waals surface area contributed by atoms with Crippen molar-refractivity contribution in [1.29, 1.82) is 0 Å². The number of carboxylic acids is 1. The van der Waals surface area contributed by atoms with Gasteiger partial charge in [0.2, 0.25) is 0 Å². The lowest BCUT2D eigenvalue weighted by atomic mass is 9.77. The molecule has 1 aromatic rings. The zero-order valence-corrected chi connectivity index (χ0v) is 14.8. The summed E-state index contributed by atoms with van der Waals surface area (Å²) in [7, 11) is 0. The molecule has 0 aromatic heterocycles. The van der Waals surface area contributed by atoms with E-state index in [9.17, 15) is 4.79 Å². The molecule has 0 aliphatic carbocycles. The fraction of sp³-hybridized carbons (Fsp3) is 0.571. The maximum absolute atomic E-state index is 10.5. The molecule has 25 heavy (non-hydrogen) atoms. The first-order valence-electron chi connectivity index (χ1n) is 9.51. The van der Waals surface area contributed by atoms with E-state index in [1.54, 1.807) is 0 Å². The molecule has 2 aliphatic heterocycles. The molecule has 4 heteroatoms. The maximum atomic E-state index is 10.5. The van der Waals surface area contributed by atoms with Gasteiger partial charge in [0.15, 0.2) is 0 Å². The van der Waals surface area contributed by atoms with Gasteiger partial charge in [-0.25, -0.2) is 0 Å². The first-order chi connectivity index (χ1) is 12.2. The lowest BCUT2D eigenvalue weighted by molar-refractivity contribution is -0.137. The monoisotopic (exact) mass is 343 g/mol. The Kier molecular flexibility index (Phi) is 6.65. The Morgan fingerprint density at radius 3 is 2.68 bits per heavy atom. The van der Waals surface area contributed by atoms with Gasteiger partial charge in [0.1, 0.15) is 0 Å². The van der Waals surface area contributed by atoms with Crippen LogP contribution in [0.5, 0.6) is 0 Å². The summed E-state index contributed by atoms with van der Waals surface area (Å²) in [4.78, 5) is 10.5. The number of carboxylic acid groups (broad SMARTS) is 1. The Balaban J connectivity index is 1.43. The zero-order chi connectivity index (χ0) is 17.5. The van der Waals surface area contributed by atoms with E-state index in [-0.39, 0.29) is 6.42 Å². The van der Waals surface area contributed by atoms with Crippen LogP contribution in [-0.4, -0.2) is 29.8 Å². The summed E-state index contributed by atoms with van der Waals surface area (Å²) in [5.41, 5.74) is 1.32. The van der Waals surface area contributed by atoms with E-state index in [0.29, 0.717) is 24.0 Å². The Morgan fingerprint density at radius 2 is 1.92 bits per heavy atom. The van der Waals surface area contributed by atoms with Crippen LogP contribution in [0.1, 0.15) is 44.1 Å². The molecule has 136 valence electrons. The van der Waals surface area contributed by atoms with Crippen molar-refractivity contribution in [3.05, 3.63) is 48.0 Å². The van der Waals surface area contributed by atoms with Crippen LogP contribution < -0.4 is 5.32 Å². The van der Waals surface area contributed by atoms with Crippen LogP contribution in [-0.2, 0) is 16.1 Å². The van der Waals surface area contributed by atoms with Crippen LogP contribution in [0.2, 0.25) is 0 Å². The Bertz CT molecular complexity index is 572. The summed E-state index contributed by atoms with van der Waals surface area (Å²) in [5.74, 6) is 0.475. The molecule has 2 bridgehead atoms. The van der Waals surface area contributed by atoms with Gasteiger partial charge in [-0.2, -0.15) is 0 Å². The molecule has 2 aliphatic rings. The molecule has 0 spiro atoms. The van der Waals surface area contributed by atoms with Gasteiger partial charge in [-0.05, 0) is 43.6 Å². The SMILES string of the molecule is O=C(O)CCCC=CC[C@@H]1[C@@H](CNCc2ccccc2)[C@@H]2CC[C@H]1O2. The van der Waals surface area contributed by atoms with E-state index in [0.717, 1.165) is 32.4 Å². The van der Waals surface area contributed by atoms with Crippen molar-refractivity contribution in [2.75, 3.05) is 6.54 Å². The van der Waals surface area contributed by atoms with Crippen LogP contribution >= 0.6 is 0 Å². The van der Waals surface area contributed by atoms with Crippen molar-refractivity contribution in [2.24, 2.45) is 11.8 Å². The average Bonchev–Trinajstić information content (AvgIpc) is 3.21. The Labute approximate surface area is 150 Å². The molecular formula is C21H29NO3. The van der Waals surface area contributed by atoms with Gasteiger partial charge in [0.05, 0.1) is 12.2 Å². The van der Waals surface area contributed by atoms with Gasteiger partial charge < -0.3 is 15.2 Å². The third kappa shape index (κ3) is 5.16. The molecule has 4 atom stereocenters. The number of ether oxygens (including phenoxy) is 1. The highest BCUT2D eigenvalue weighted by atomic mass is 16.5. The molecule has 0 amide bonds. The largest absolute Gasteiger partial charge is 0.481 e. The minimum Gasteiger partial charge on any atom is -0.481 e. The van der Waals surface area contributed by atoms with Gasteiger partial charge >= 0.3 is 5.97 Å². The topological polar surface area (TPSA) is 58.6 Å². The van der Waals surface area contributed by atoms with Crippen molar-refractivity contribution in [1.82, 2.24) is 5.32 Å². The van der Waals surface area contributed by atoms with Crippen molar-refractivity contribution in [3.8, 4) is 0 Å². The van der Waals surface area contributed by atoms with E-state index in [2.05, 4.69) is 41.7 Å². The second-order valence-electron chi connectivity index (χ2n) is 7.23. The summed E-state index contributed by atoms with van der Waals surface area (Å²) >= 11 is 0. The van der Waals surface area contributed by atoms with Crippen molar-refractivity contribution < 1.29 is 14.6 Å². The van der Waals surface area contributed by atoms with Crippen LogP contribution in [0.4, 0.5) is 0 Å². The van der Waals surface area contributed by atoms with E-state index < -0.39 is 5.97 Å². The molecule has 2 saturated heterocycles. The predicted octanol–water partition coefficient (Wildman–Crippen LogP) is 3.77. The maximum Gasteiger partial charge on any atom is 0.303 e. The second kappa shape index (κ2) is 9.16. The second-order valence-corrected chi connectivity index (χ2v) is 7.23. The van der Waals surface area contributed by atoms with Crippen LogP contribution in [0, 0.1) is 11.8 Å². The summed E-state index contributed by atoms with van der Waals surface area (Å²) in [6.45, 7) is 1.92. The number of hydrogen-bond acceptors (Lipinski definition) is 3. The number of benzene rings is 1. The Hall–Kier alpha value is -1.65. The Morgan fingerprint density at radius 1 is 1.16 bits per heavy atom. The standard InChI is InChI=1S/C21H29NO3/c23-21(24)11-7-2-1-6-10-17-18(20-13-12-19(17)25-20)15-22-14-16-8-4-3-5-9-16/h1,3-6,8-9,17-20,22H,2,7,10-15H2,(H,23,24)/t17-,18-,19-,20+/m1/s1. The summed E-state index contributed by atoms with van der Waals surface area (Å²) in [6.07, 6.45) is 10.5. The minimum absolute atomic E-state index is 0.258. The van der Waals surface area contributed by atoms with Gasteiger partial charge in [-0.15, -0.1) is 0 Å². The number of aliphatic carboxylic acids is 1. The molecule has 0 saturated carbocycles. The van der Waals surface area contributed by atoms with E-state index in [1.807, 2.05) is 6.07 Å². The summed E-state index contributed by atoms with van der Waals surface area (Å²) < 4.78 is 6.16. The summed E-state index contributed by atoms with van der Waals surface area (Å²) in [5, 5.41) is 12.3. The molecule has 2 fully saturated rings. The fourth-order valence-electron chi connectivity index (χ4n) is 4.20. The van der Waals surface area contributed by atoms with Gasteiger partial charge in [0.25, 0.3) is 0 Å². The van der Waals surface area contributed by atoms with Gasteiger partial charge in [0, 0.05) is 25.4 Å². The van der Waals surface area contributed by atoms with E-state index in [4.69, 9.17) is 9.84 Å². The van der Waals surface area contributed by atoms with Crippen molar-refractivity contribution in [3.63, 3.8) is 0 Å². The highest BCUT2D eigenvalue weighted by Crippen LogP contribution is 2.44. The normalized spacial score (nSPS) is 28.0. The third-order valence-corrected chi connectivity index (χ3v) is 5.48. The number of fused-ring (bicyclic) bond motifs is 2. The highest BCUT2D eigenvalue weighted by molar-refractivity contribution is 5.66. The lowest BCUT2D eigenvalue weighted by Crippen LogP contribution is -2.35. The van der Waals surface area contributed by atoms with Crippen LogP contribution in [0.15, 0.2) is 42.5 Å². The molecule has 2 heterocycles. The lowest BCUT2D eigenvalue weighted by Gasteiger charge is -2.27. The van der Waals surface area contributed by atoms with E-state index >= 15 is 0 Å².